The van der Waals surface area contributed by atoms with Gasteiger partial charge in [0.05, 0.1) is 12.8 Å². The predicted molar refractivity (Wildman–Crippen MR) is 91.3 cm³/mol. The lowest BCUT2D eigenvalue weighted by molar-refractivity contribution is -0.150. The number of hydrogen-bond acceptors (Lipinski definition) is 5. The number of amides is 2. The summed E-state index contributed by atoms with van der Waals surface area (Å²) in [7, 11) is 0. The van der Waals surface area contributed by atoms with E-state index >= 15 is 0 Å². The third-order valence-corrected chi connectivity index (χ3v) is 4.15. The van der Waals surface area contributed by atoms with Crippen molar-refractivity contribution in [3.8, 4) is 5.75 Å². The van der Waals surface area contributed by atoms with Crippen LogP contribution in [0.5, 0.6) is 5.75 Å². The normalized spacial score (nSPS) is 18.9. The average molecular weight is 376 g/mol. The molecular weight excluding hydrogens is 359 g/mol. The van der Waals surface area contributed by atoms with E-state index in [1.54, 1.807) is 24.3 Å². The standard InChI is InChI=1S/C18H17FN2O6/c19-18(17(24)25)6-7-21(11-18)15(22)10-27-13-4-1-3-12(9-13)20-16(23)14-5-2-8-26-14/h1-5,8-9H,6-7,10-11H2,(H,20,23)(H,24,25). The summed E-state index contributed by atoms with van der Waals surface area (Å²) in [6, 6.07) is 9.50. The van der Waals surface area contributed by atoms with Crippen LogP contribution in [0.2, 0.25) is 0 Å². The van der Waals surface area contributed by atoms with E-state index < -0.39 is 30.0 Å². The van der Waals surface area contributed by atoms with Crippen LogP contribution in [-0.4, -0.2) is 53.2 Å². The predicted octanol–water partition coefficient (Wildman–Crippen LogP) is 1.94. The van der Waals surface area contributed by atoms with E-state index in [-0.39, 0.29) is 25.3 Å². The maximum Gasteiger partial charge on any atom is 0.343 e. The van der Waals surface area contributed by atoms with Gasteiger partial charge in [0.2, 0.25) is 5.67 Å². The van der Waals surface area contributed by atoms with Gasteiger partial charge in [-0.25, -0.2) is 9.18 Å². The molecule has 0 aliphatic carbocycles. The topological polar surface area (TPSA) is 109 Å². The molecule has 2 aromatic rings. The number of carboxylic acid groups (broad SMARTS) is 1. The van der Waals surface area contributed by atoms with Crippen molar-refractivity contribution in [1.29, 1.82) is 0 Å². The first-order valence-electron chi connectivity index (χ1n) is 8.15. The summed E-state index contributed by atoms with van der Waals surface area (Å²) < 4.78 is 24.4. The maximum absolute atomic E-state index is 14.0. The first-order valence-corrected chi connectivity index (χ1v) is 8.15. The molecule has 9 heteroatoms. The Kier molecular flexibility index (Phi) is 5.11. The number of hydrogen-bond donors (Lipinski definition) is 2. The summed E-state index contributed by atoms with van der Waals surface area (Å²) in [4.78, 5) is 36.1. The van der Waals surface area contributed by atoms with Crippen LogP contribution in [0.1, 0.15) is 17.0 Å². The third-order valence-electron chi connectivity index (χ3n) is 4.15. The molecule has 1 aliphatic rings. The third kappa shape index (κ3) is 4.25. The number of furan rings is 1. The molecule has 2 N–H and O–H groups in total. The molecule has 142 valence electrons. The summed E-state index contributed by atoms with van der Waals surface area (Å²) in [6.07, 6.45) is 1.14. The Bertz CT molecular complexity index is 853. The zero-order valence-electron chi connectivity index (χ0n) is 14.2. The molecule has 1 aromatic carbocycles. The largest absolute Gasteiger partial charge is 0.484 e. The van der Waals surface area contributed by atoms with Crippen molar-refractivity contribution in [3.63, 3.8) is 0 Å². The molecular formula is C18H17FN2O6. The number of carbonyl (C=O) groups excluding carboxylic acids is 2. The van der Waals surface area contributed by atoms with Crippen LogP contribution in [0.4, 0.5) is 10.1 Å². The molecule has 1 aromatic heterocycles. The highest BCUT2D eigenvalue weighted by Gasteiger charge is 2.46. The van der Waals surface area contributed by atoms with Crippen LogP contribution >= 0.6 is 0 Å². The fourth-order valence-corrected chi connectivity index (χ4v) is 2.66. The minimum Gasteiger partial charge on any atom is -0.484 e. The molecule has 1 atom stereocenters. The van der Waals surface area contributed by atoms with Gasteiger partial charge in [-0.1, -0.05) is 6.07 Å². The summed E-state index contributed by atoms with van der Waals surface area (Å²) >= 11 is 0. The highest BCUT2D eigenvalue weighted by molar-refractivity contribution is 6.02. The van der Waals surface area contributed by atoms with E-state index in [9.17, 15) is 18.8 Å². The Labute approximate surface area is 153 Å². The number of nitrogens with zero attached hydrogens (tertiary/aromatic N) is 1. The van der Waals surface area contributed by atoms with E-state index in [0.717, 1.165) is 4.90 Å². The molecule has 0 radical (unpaired) electrons. The number of carbonyl (C=O) groups is 3. The van der Waals surface area contributed by atoms with Gasteiger partial charge in [-0.15, -0.1) is 0 Å². The van der Waals surface area contributed by atoms with Gasteiger partial charge in [-0.2, -0.15) is 0 Å². The highest BCUT2D eigenvalue weighted by atomic mass is 19.1. The smallest absolute Gasteiger partial charge is 0.343 e. The Morgan fingerprint density at radius 2 is 2.11 bits per heavy atom. The summed E-state index contributed by atoms with van der Waals surface area (Å²) in [5.74, 6) is -2.04. The number of benzene rings is 1. The number of alkyl halides is 1. The molecule has 2 heterocycles. The fraction of sp³-hybridized carbons (Fsp3) is 0.278. The van der Waals surface area contributed by atoms with Crippen molar-refractivity contribution in [1.82, 2.24) is 4.90 Å². The van der Waals surface area contributed by atoms with Gasteiger partial charge < -0.3 is 24.5 Å². The Morgan fingerprint density at radius 1 is 1.30 bits per heavy atom. The van der Waals surface area contributed by atoms with Gasteiger partial charge in [0.25, 0.3) is 11.8 Å². The quantitative estimate of drug-likeness (QED) is 0.797. The van der Waals surface area contributed by atoms with Crippen molar-refractivity contribution >= 4 is 23.5 Å². The SMILES string of the molecule is O=C(Nc1cccc(OCC(=O)N2CCC(F)(C(=O)O)C2)c1)c1ccco1. The van der Waals surface area contributed by atoms with Crippen LogP contribution in [0, 0.1) is 0 Å². The summed E-state index contributed by atoms with van der Waals surface area (Å²) in [5, 5.41) is 11.5. The molecule has 2 amide bonds. The first-order chi connectivity index (χ1) is 12.9. The van der Waals surface area contributed by atoms with E-state index in [1.165, 1.54) is 18.4 Å². The van der Waals surface area contributed by atoms with E-state index in [1.807, 2.05) is 0 Å². The van der Waals surface area contributed by atoms with Crippen molar-refractivity contribution in [2.75, 3.05) is 25.0 Å². The van der Waals surface area contributed by atoms with Crippen LogP contribution in [0.25, 0.3) is 0 Å². The summed E-state index contributed by atoms with van der Waals surface area (Å²) in [6.45, 7) is -0.848. The highest BCUT2D eigenvalue weighted by Crippen LogP contribution is 2.26. The first kappa shape index (κ1) is 18.4. The van der Waals surface area contributed by atoms with Gasteiger partial charge in [0.1, 0.15) is 5.75 Å². The molecule has 1 saturated heterocycles. The zero-order chi connectivity index (χ0) is 19.4. The average Bonchev–Trinajstić information content (AvgIpc) is 3.30. The molecule has 27 heavy (non-hydrogen) atoms. The molecule has 1 unspecified atom stereocenters. The summed E-state index contributed by atoms with van der Waals surface area (Å²) in [5.41, 5.74) is -1.97. The minimum absolute atomic E-state index is 0.0181. The van der Waals surface area contributed by atoms with Gasteiger partial charge in [0, 0.05) is 24.7 Å². The molecule has 0 saturated carbocycles. The molecule has 1 aliphatic heterocycles. The Morgan fingerprint density at radius 3 is 2.78 bits per heavy atom. The van der Waals surface area contributed by atoms with Crippen LogP contribution in [0.15, 0.2) is 47.1 Å². The molecule has 0 bridgehead atoms. The van der Waals surface area contributed by atoms with Crippen molar-refractivity contribution in [3.05, 3.63) is 48.4 Å². The second-order valence-corrected chi connectivity index (χ2v) is 6.08. The molecule has 8 nitrogen and oxygen atoms in total. The van der Waals surface area contributed by atoms with E-state index in [2.05, 4.69) is 5.32 Å². The lowest BCUT2D eigenvalue weighted by Gasteiger charge is -2.18. The number of likely N-dealkylation sites (tertiary alicyclic amines) is 1. The minimum atomic E-state index is -2.41. The van der Waals surface area contributed by atoms with Crippen molar-refractivity contribution < 1.29 is 33.0 Å². The number of aliphatic carboxylic acids is 1. The molecule has 1 fully saturated rings. The number of ether oxygens (including phenoxy) is 1. The number of rotatable bonds is 6. The van der Waals surface area contributed by atoms with Gasteiger partial charge >= 0.3 is 5.97 Å². The van der Waals surface area contributed by atoms with Gasteiger partial charge in [-0.3, -0.25) is 9.59 Å². The van der Waals surface area contributed by atoms with Crippen molar-refractivity contribution in [2.24, 2.45) is 0 Å². The van der Waals surface area contributed by atoms with Gasteiger partial charge in [-0.05, 0) is 24.3 Å². The van der Waals surface area contributed by atoms with Crippen LogP contribution < -0.4 is 10.1 Å². The zero-order valence-corrected chi connectivity index (χ0v) is 14.2. The lowest BCUT2D eigenvalue weighted by atomic mass is 10.1. The van der Waals surface area contributed by atoms with E-state index in [0.29, 0.717) is 11.4 Å². The van der Waals surface area contributed by atoms with Crippen molar-refractivity contribution in [2.45, 2.75) is 12.1 Å². The Balaban J connectivity index is 1.55. The molecule has 0 spiro atoms. The maximum atomic E-state index is 14.0. The van der Waals surface area contributed by atoms with E-state index in [4.69, 9.17) is 14.3 Å². The second kappa shape index (κ2) is 7.48. The second-order valence-electron chi connectivity index (χ2n) is 6.08. The monoisotopic (exact) mass is 376 g/mol. The fourth-order valence-electron chi connectivity index (χ4n) is 2.66. The number of anilines is 1. The van der Waals surface area contributed by atoms with Crippen LogP contribution in [0.3, 0.4) is 0 Å². The van der Waals surface area contributed by atoms with Crippen LogP contribution in [-0.2, 0) is 9.59 Å². The number of halogens is 1. The molecule has 3 rings (SSSR count). The van der Waals surface area contributed by atoms with Gasteiger partial charge in [0.15, 0.2) is 12.4 Å². The number of nitrogens with one attached hydrogen (secondary N) is 1. The lowest BCUT2D eigenvalue weighted by Crippen LogP contribution is -2.40. The Hall–Kier alpha value is -3.36. The number of carboxylic acids is 1.